The molecule has 0 aliphatic carbocycles. The maximum Gasteiger partial charge on any atom is 0.376 e. The first kappa shape index (κ1) is 14.9. The molecule has 0 spiro atoms. The monoisotopic (exact) mass is 313 g/mol. The van der Waals surface area contributed by atoms with E-state index < -0.39 is 5.97 Å². The minimum absolute atomic E-state index is 0.0920. The third-order valence-electron chi connectivity index (χ3n) is 3.10. The zero-order valence-electron chi connectivity index (χ0n) is 13.0. The Morgan fingerprint density at radius 2 is 2.09 bits per heavy atom. The molecule has 0 saturated carbocycles. The number of pyridine rings is 1. The molecule has 3 aromatic rings. The number of anilines is 2. The fraction of sp³-hybridized carbons (Fsp3) is 0.267. The Morgan fingerprint density at radius 3 is 2.83 bits per heavy atom. The molecule has 1 N–H and O–H groups in total. The largest absolute Gasteiger partial charge is 0.460 e. The van der Waals surface area contributed by atoms with E-state index in [0.717, 1.165) is 5.69 Å². The number of esters is 1. The SMILES string of the molecule is CCOC(=O)c1nc(Nc2cccc(C)n2)c2c(C)noc2n1. The lowest BCUT2D eigenvalue weighted by atomic mass is 10.3. The Bertz CT molecular complexity index is 875. The maximum atomic E-state index is 11.9. The van der Waals surface area contributed by atoms with Crippen molar-refractivity contribution < 1.29 is 14.1 Å². The van der Waals surface area contributed by atoms with Gasteiger partial charge in [0.25, 0.3) is 5.71 Å². The normalized spacial score (nSPS) is 10.7. The molecule has 0 bridgehead atoms. The van der Waals surface area contributed by atoms with Crippen molar-refractivity contribution in [2.75, 3.05) is 11.9 Å². The Labute approximate surface area is 131 Å². The predicted octanol–water partition coefficient (Wildman–Crippen LogP) is 2.55. The van der Waals surface area contributed by atoms with Crippen molar-refractivity contribution in [3.05, 3.63) is 35.4 Å². The fourth-order valence-corrected chi connectivity index (χ4v) is 2.10. The smallest absolute Gasteiger partial charge is 0.376 e. The van der Waals surface area contributed by atoms with Gasteiger partial charge in [0.2, 0.25) is 5.82 Å². The quantitative estimate of drug-likeness (QED) is 0.733. The van der Waals surface area contributed by atoms with Gasteiger partial charge in [0, 0.05) is 5.69 Å². The molecular weight excluding hydrogens is 298 g/mol. The van der Waals surface area contributed by atoms with Crippen LogP contribution >= 0.6 is 0 Å². The van der Waals surface area contributed by atoms with Crippen molar-refractivity contribution in [1.29, 1.82) is 0 Å². The number of rotatable bonds is 4. The van der Waals surface area contributed by atoms with E-state index >= 15 is 0 Å². The molecular formula is C15H15N5O3. The second-order valence-electron chi connectivity index (χ2n) is 4.85. The third kappa shape index (κ3) is 2.96. The molecule has 8 nitrogen and oxygen atoms in total. The van der Waals surface area contributed by atoms with E-state index in [9.17, 15) is 4.79 Å². The highest BCUT2D eigenvalue weighted by molar-refractivity contribution is 5.94. The lowest BCUT2D eigenvalue weighted by Gasteiger charge is -2.08. The lowest BCUT2D eigenvalue weighted by molar-refractivity contribution is 0.0512. The number of ether oxygens (including phenoxy) is 1. The summed E-state index contributed by atoms with van der Waals surface area (Å²) in [5.41, 5.74) is 1.69. The van der Waals surface area contributed by atoms with Crippen molar-refractivity contribution >= 4 is 28.7 Å². The number of hydrogen-bond donors (Lipinski definition) is 1. The summed E-state index contributed by atoms with van der Waals surface area (Å²) < 4.78 is 10.1. The average molecular weight is 313 g/mol. The van der Waals surface area contributed by atoms with Gasteiger partial charge in [-0.15, -0.1) is 0 Å². The van der Waals surface area contributed by atoms with E-state index in [0.29, 0.717) is 22.7 Å². The summed E-state index contributed by atoms with van der Waals surface area (Å²) >= 11 is 0. The van der Waals surface area contributed by atoms with Crippen LogP contribution in [0.3, 0.4) is 0 Å². The third-order valence-corrected chi connectivity index (χ3v) is 3.10. The number of carbonyl (C=O) groups excluding carboxylic acids is 1. The number of carbonyl (C=O) groups is 1. The Kier molecular flexibility index (Phi) is 3.88. The van der Waals surface area contributed by atoms with Gasteiger partial charge in [-0.3, -0.25) is 0 Å². The number of aromatic nitrogens is 4. The first-order valence-corrected chi connectivity index (χ1v) is 7.10. The first-order valence-electron chi connectivity index (χ1n) is 7.10. The molecule has 0 radical (unpaired) electrons. The summed E-state index contributed by atoms with van der Waals surface area (Å²) in [5, 5.41) is 7.55. The number of nitrogens with zero attached hydrogens (tertiary/aromatic N) is 4. The maximum absolute atomic E-state index is 11.9. The number of aryl methyl sites for hydroxylation is 2. The number of nitrogens with one attached hydrogen (secondary N) is 1. The molecule has 0 amide bonds. The number of fused-ring (bicyclic) bond motifs is 1. The number of hydrogen-bond acceptors (Lipinski definition) is 8. The predicted molar refractivity (Wildman–Crippen MR) is 82.5 cm³/mol. The van der Waals surface area contributed by atoms with Crippen molar-refractivity contribution in [2.24, 2.45) is 0 Å². The van der Waals surface area contributed by atoms with Crippen LogP contribution in [-0.4, -0.2) is 32.7 Å². The Morgan fingerprint density at radius 1 is 1.26 bits per heavy atom. The molecule has 0 aliphatic rings. The van der Waals surface area contributed by atoms with Crippen molar-refractivity contribution in [3.8, 4) is 0 Å². The summed E-state index contributed by atoms with van der Waals surface area (Å²) in [4.78, 5) is 24.6. The van der Waals surface area contributed by atoms with Crippen LogP contribution in [0.15, 0.2) is 22.7 Å². The summed E-state index contributed by atoms with van der Waals surface area (Å²) in [6.07, 6.45) is 0. The van der Waals surface area contributed by atoms with Gasteiger partial charge in [0.1, 0.15) is 17.0 Å². The molecule has 0 unspecified atom stereocenters. The second kappa shape index (κ2) is 5.99. The van der Waals surface area contributed by atoms with Crippen LogP contribution in [0.25, 0.3) is 11.1 Å². The van der Waals surface area contributed by atoms with Crippen molar-refractivity contribution in [1.82, 2.24) is 20.1 Å². The van der Waals surface area contributed by atoms with Crippen LogP contribution in [-0.2, 0) is 4.74 Å². The Balaban J connectivity index is 2.09. The molecule has 23 heavy (non-hydrogen) atoms. The van der Waals surface area contributed by atoms with Gasteiger partial charge in [0.05, 0.1) is 12.3 Å². The van der Waals surface area contributed by atoms with Crippen LogP contribution < -0.4 is 5.32 Å². The van der Waals surface area contributed by atoms with Gasteiger partial charge >= 0.3 is 5.97 Å². The molecule has 0 atom stereocenters. The van der Waals surface area contributed by atoms with Gasteiger partial charge in [-0.25, -0.2) is 14.8 Å². The van der Waals surface area contributed by atoms with Gasteiger partial charge in [0.15, 0.2) is 0 Å². The highest BCUT2D eigenvalue weighted by Gasteiger charge is 2.20. The van der Waals surface area contributed by atoms with E-state index in [4.69, 9.17) is 9.26 Å². The topological polar surface area (TPSA) is 103 Å². The highest BCUT2D eigenvalue weighted by atomic mass is 16.5. The van der Waals surface area contributed by atoms with Crippen LogP contribution in [0.2, 0.25) is 0 Å². The zero-order chi connectivity index (χ0) is 16.4. The van der Waals surface area contributed by atoms with Gasteiger partial charge in [-0.05, 0) is 32.9 Å². The van der Waals surface area contributed by atoms with Gasteiger partial charge in [-0.1, -0.05) is 11.2 Å². The minimum Gasteiger partial charge on any atom is -0.460 e. The van der Waals surface area contributed by atoms with Crippen LogP contribution in [0, 0.1) is 13.8 Å². The summed E-state index contributed by atoms with van der Waals surface area (Å²) in [7, 11) is 0. The van der Waals surface area contributed by atoms with Gasteiger partial charge < -0.3 is 14.6 Å². The molecule has 0 aliphatic heterocycles. The van der Waals surface area contributed by atoms with E-state index in [1.165, 1.54) is 0 Å². The standard InChI is InChI=1S/C15H15N5O3/c1-4-22-15(21)13-18-12(11-9(3)20-23-14(11)19-13)17-10-7-5-6-8(2)16-10/h5-7H,4H2,1-3H3,(H,16,17,18,19). The molecule has 3 rings (SSSR count). The van der Waals surface area contributed by atoms with Crippen LogP contribution in [0.1, 0.15) is 28.9 Å². The summed E-state index contributed by atoms with van der Waals surface area (Å²) in [6, 6.07) is 5.55. The van der Waals surface area contributed by atoms with Gasteiger partial charge in [-0.2, -0.15) is 4.98 Å². The highest BCUT2D eigenvalue weighted by Crippen LogP contribution is 2.26. The second-order valence-corrected chi connectivity index (χ2v) is 4.85. The molecule has 0 aromatic carbocycles. The van der Waals surface area contributed by atoms with E-state index in [1.54, 1.807) is 19.9 Å². The molecule has 8 heteroatoms. The molecule has 118 valence electrons. The Hall–Kier alpha value is -3.03. The average Bonchev–Trinajstić information content (AvgIpc) is 2.89. The molecule has 3 heterocycles. The van der Waals surface area contributed by atoms with Crippen molar-refractivity contribution in [3.63, 3.8) is 0 Å². The first-order chi connectivity index (χ1) is 11.1. The fourth-order valence-electron chi connectivity index (χ4n) is 2.10. The molecule has 0 fully saturated rings. The minimum atomic E-state index is -0.622. The molecule has 3 aromatic heterocycles. The van der Waals surface area contributed by atoms with Crippen LogP contribution in [0.5, 0.6) is 0 Å². The lowest BCUT2D eigenvalue weighted by Crippen LogP contribution is -2.11. The van der Waals surface area contributed by atoms with Crippen molar-refractivity contribution in [2.45, 2.75) is 20.8 Å². The van der Waals surface area contributed by atoms with Crippen LogP contribution in [0.4, 0.5) is 11.6 Å². The van der Waals surface area contributed by atoms with E-state index in [-0.39, 0.29) is 18.1 Å². The van der Waals surface area contributed by atoms with E-state index in [2.05, 4.69) is 25.4 Å². The van der Waals surface area contributed by atoms with E-state index in [1.807, 2.05) is 19.1 Å². The molecule has 0 saturated heterocycles. The summed E-state index contributed by atoms with van der Waals surface area (Å²) in [6.45, 7) is 5.60. The summed E-state index contributed by atoms with van der Waals surface area (Å²) in [5.74, 6) is 0.282. The zero-order valence-corrected chi connectivity index (χ0v) is 13.0.